The number of piperazine rings is 1. The lowest BCUT2D eigenvalue weighted by Gasteiger charge is -2.34. The Balaban J connectivity index is 1.70. The predicted molar refractivity (Wildman–Crippen MR) is 85.7 cm³/mol. The number of benzene rings is 1. The third-order valence-electron chi connectivity index (χ3n) is 4.59. The summed E-state index contributed by atoms with van der Waals surface area (Å²) in [6, 6.07) is 7.44. The quantitative estimate of drug-likeness (QED) is 0.893. The molecule has 3 unspecified atom stereocenters. The molecule has 1 aromatic carbocycles. The number of nitrogens with one attached hydrogen (secondary N) is 2. The standard InChI is InChI=1S/C17H23N3O2/c1-11-8-15(11)16(21)19-14-5-3-4-13(9-14)17(22)20-7-6-18-10-12(20)2/h3-5,9,11-12,15,18H,6-8,10H2,1-2H3,(H,19,21). The van der Waals surface area contributed by atoms with Crippen LogP contribution in [0.5, 0.6) is 0 Å². The minimum absolute atomic E-state index is 0.0323. The Kier molecular flexibility index (Phi) is 4.16. The van der Waals surface area contributed by atoms with E-state index in [0.29, 0.717) is 17.2 Å². The van der Waals surface area contributed by atoms with Crippen LogP contribution in [0.2, 0.25) is 0 Å². The highest BCUT2D eigenvalue weighted by molar-refractivity contribution is 5.98. The third-order valence-corrected chi connectivity index (χ3v) is 4.59. The zero-order valence-electron chi connectivity index (χ0n) is 13.1. The van der Waals surface area contributed by atoms with Gasteiger partial charge in [0.2, 0.25) is 5.91 Å². The second kappa shape index (κ2) is 6.08. The summed E-state index contributed by atoms with van der Waals surface area (Å²) in [5.41, 5.74) is 1.34. The summed E-state index contributed by atoms with van der Waals surface area (Å²) in [5, 5.41) is 6.20. The zero-order chi connectivity index (χ0) is 15.7. The van der Waals surface area contributed by atoms with Gasteiger partial charge in [-0.1, -0.05) is 13.0 Å². The number of hydrogen-bond acceptors (Lipinski definition) is 3. The highest BCUT2D eigenvalue weighted by Crippen LogP contribution is 2.38. The molecule has 2 fully saturated rings. The van der Waals surface area contributed by atoms with Crippen LogP contribution in [0, 0.1) is 11.8 Å². The molecule has 0 spiro atoms. The summed E-state index contributed by atoms with van der Waals surface area (Å²) >= 11 is 0. The molecule has 0 radical (unpaired) electrons. The molecule has 3 rings (SSSR count). The summed E-state index contributed by atoms with van der Waals surface area (Å²) in [4.78, 5) is 26.5. The van der Waals surface area contributed by atoms with Crippen LogP contribution in [0.25, 0.3) is 0 Å². The second-order valence-electron chi connectivity index (χ2n) is 6.44. The molecule has 118 valence electrons. The van der Waals surface area contributed by atoms with Crippen molar-refractivity contribution in [2.24, 2.45) is 11.8 Å². The molecule has 3 atom stereocenters. The molecule has 0 aromatic heterocycles. The molecular formula is C17H23N3O2. The van der Waals surface area contributed by atoms with Gasteiger partial charge in [-0.05, 0) is 37.5 Å². The van der Waals surface area contributed by atoms with E-state index < -0.39 is 0 Å². The largest absolute Gasteiger partial charge is 0.333 e. The molecule has 1 saturated carbocycles. The Morgan fingerprint density at radius 1 is 1.32 bits per heavy atom. The van der Waals surface area contributed by atoms with Crippen molar-refractivity contribution in [2.45, 2.75) is 26.3 Å². The average molecular weight is 301 g/mol. The van der Waals surface area contributed by atoms with E-state index in [4.69, 9.17) is 0 Å². The minimum Gasteiger partial charge on any atom is -0.333 e. The Morgan fingerprint density at radius 2 is 2.09 bits per heavy atom. The number of amides is 2. The van der Waals surface area contributed by atoms with Crippen LogP contribution in [0.1, 0.15) is 30.6 Å². The van der Waals surface area contributed by atoms with Crippen molar-refractivity contribution in [3.05, 3.63) is 29.8 Å². The summed E-state index contributed by atoms with van der Waals surface area (Å²) < 4.78 is 0. The van der Waals surface area contributed by atoms with Gasteiger partial charge in [0.25, 0.3) is 5.91 Å². The van der Waals surface area contributed by atoms with Gasteiger partial charge in [-0.2, -0.15) is 0 Å². The third kappa shape index (κ3) is 3.14. The van der Waals surface area contributed by atoms with E-state index >= 15 is 0 Å². The fourth-order valence-corrected chi connectivity index (χ4v) is 2.96. The molecule has 2 amide bonds. The fraction of sp³-hybridized carbons (Fsp3) is 0.529. The monoisotopic (exact) mass is 301 g/mol. The van der Waals surface area contributed by atoms with E-state index in [-0.39, 0.29) is 23.8 Å². The Bertz CT molecular complexity index is 587. The van der Waals surface area contributed by atoms with E-state index in [1.54, 1.807) is 6.07 Å². The van der Waals surface area contributed by atoms with Crippen molar-refractivity contribution in [3.63, 3.8) is 0 Å². The van der Waals surface area contributed by atoms with Crippen molar-refractivity contribution in [1.29, 1.82) is 0 Å². The Labute approximate surface area is 131 Å². The van der Waals surface area contributed by atoms with Gasteiger partial charge in [-0.3, -0.25) is 9.59 Å². The van der Waals surface area contributed by atoms with E-state index in [0.717, 1.165) is 26.1 Å². The molecule has 1 saturated heterocycles. The maximum atomic E-state index is 12.6. The van der Waals surface area contributed by atoms with Gasteiger partial charge >= 0.3 is 0 Å². The Hall–Kier alpha value is -1.88. The molecule has 5 nitrogen and oxygen atoms in total. The predicted octanol–water partition coefficient (Wildman–Crippen LogP) is 1.71. The molecule has 1 heterocycles. The average Bonchev–Trinajstić information content (AvgIpc) is 3.24. The van der Waals surface area contributed by atoms with Gasteiger partial charge in [0, 0.05) is 42.8 Å². The number of carbonyl (C=O) groups is 2. The Morgan fingerprint density at radius 3 is 2.77 bits per heavy atom. The van der Waals surface area contributed by atoms with E-state index in [9.17, 15) is 9.59 Å². The van der Waals surface area contributed by atoms with Crippen LogP contribution < -0.4 is 10.6 Å². The van der Waals surface area contributed by atoms with Crippen molar-refractivity contribution < 1.29 is 9.59 Å². The van der Waals surface area contributed by atoms with Gasteiger partial charge in [0.05, 0.1) is 0 Å². The van der Waals surface area contributed by atoms with Crippen molar-refractivity contribution in [1.82, 2.24) is 10.2 Å². The first-order valence-electron chi connectivity index (χ1n) is 7.99. The molecule has 22 heavy (non-hydrogen) atoms. The molecule has 0 bridgehead atoms. The van der Waals surface area contributed by atoms with Gasteiger partial charge in [0.15, 0.2) is 0 Å². The summed E-state index contributed by atoms with van der Waals surface area (Å²) in [6.45, 7) is 6.49. The van der Waals surface area contributed by atoms with Crippen LogP contribution in [0.3, 0.4) is 0 Å². The molecule has 1 aliphatic heterocycles. The van der Waals surface area contributed by atoms with Crippen LogP contribution in [-0.2, 0) is 4.79 Å². The van der Waals surface area contributed by atoms with E-state index in [2.05, 4.69) is 17.6 Å². The summed E-state index contributed by atoms with van der Waals surface area (Å²) in [6.07, 6.45) is 0.961. The first-order chi connectivity index (χ1) is 10.6. The van der Waals surface area contributed by atoms with Crippen LogP contribution in [0.4, 0.5) is 5.69 Å². The maximum absolute atomic E-state index is 12.6. The molecule has 2 N–H and O–H groups in total. The lowest BCUT2D eigenvalue weighted by atomic mass is 10.1. The van der Waals surface area contributed by atoms with Crippen molar-refractivity contribution in [3.8, 4) is 0 Å². The number of anilines is 1. The molecule has 1 aliphatic carbocycles. The van der Waals surface area contributed by atoms with Crippen LogP contribution in [-0.4, -0.2) is 42.4 Å². The lowest BCUT2D eigenvalue weighted by molar-refractivity contribution is -0.117. The first kappa shape index (κ1) is 15.0. The smallest absolute Gasteiger partial charge is 0.254 e. The van der Waals surface area contributed by atoms with Crippen molar-refractivity contribution in [2.75, 3.05) is 25.0 Å². The number of carbonyl (C=O) groups excluding carboxylic acids is 2. The maximum Gasteiger partial charge on any atom is 0.254 e. The molecular weight excluding hydrogens is 278 g/mol. The molecule has 1 aromatic rings. The van der Waals surface area contributed by atoms with E-state index in [1.807, 2.05) is 30.0 Å². The SMILES string of the molecule is CC1CC1C(=O)Nc1cccc(C(=O)N2CCNCC2C)c1. The molecule has 5 heteroatoms. The fourth-order valence-electron chi connectivity index (χ4n) is 2.96. The lowest BCUT2D eigenvalue weighted by Crippen LogP contribution is -2.52. The summed E-state index contributed by atoms with van der Waals surface area (Å²) in [7, 11) is 0. The van der Waals surface area contributed by atoms with Crippen LogP contribution in [0.15, 0.2) is 24.3 Å². The van der Waals surface area contributed by atoms with Crippen molar-refractivity contribution >= 4 is 17.5 Å². The first-order valence-corrected chi connectivity index (χ1v) is 7.99. The minimum atomic E-state index is 0.0323. The number of hydrogen-bond donors (Lipinski definition) is 2. The highest BCUT2D eigenvalue weighted by atomic mass is 16.2. The topological polar surface area (TPSA) is 61.4 Å². The normalized spacial score (nSPS) is 27.4. The van der Waals surface area contributed by atoms with Gasteiger partial charge in [-0.25, -0.2) is 0 Å². The second-order valence-corrected chi connectivity index (χ2v) is 6.44. The zero-order valence-corrected chi connectivity index (χ0v) is 13.1. The van der Waals surface area contributed by atoms with Gasteiger partial charge < -0.3 is 15.5 Å². The van der Waals surface area contributed by atoms with Gasteiger partial charge in [0.1, 0.15) is 0 Å². The van der Waals surface area contributed by atoms with Gasteiger partial charge in [-0.15, -0.1) is 0 Å². The number of rotatable bonds is 3. The molecule has 2 aliphatic rings. The highest BCUT2D eigenvalue weighted by Gasteiger charge is 2.39. The summed E-state index contributed by atoms with van der Waals surface area (Å²) in [5.74, 6) is 0.705. The van der Waals surface area contributed by atoms with Crippen LogP contribution >= 0.6 is 0 Å². The van der Waals surface area contributed by atoms with E-state index in [1.165, 1.54) is 0 Å². The number of nitrogens with zero attached hydrogens (tertiary/aromatic N) is 1.